The second kappa shape index (κ2) is 4.95. The van der Waals surface area contributed by atoms with Crippen LogP contribution in [-0.2, 0) is 11.3 Å². The average Bonchev–Trinajstić information content (AvgIpc) is 2.31. The first-order valence-electron chi connectivity index (χ1n) is 5.78. The third kappa shape index (κ3) is 2.43. The summed E-state index contributed by atoms with van der Waals surface area (Å²) in [4.78, 5) is 7.80. The van der Waals surface area contributed by atoms with Crippen molar-refractivity contribution in [2.24, 2.45) is 0 Å². The molecule has 0 amide bonds. The molecule has 16 heavy (non-hydrogen) atoms. The van der Waals surface area contributed by atoms with Crippen molar-refractivity contribution in [3.05, 3.63) is 35.9 Å². The number of rotatable bonds is 2. The predicted molar refractivity (Wildman–Crippen MR) is 64.9 cm³/mol. The van der Waals surface area contributed by atoms with Crippen molar-refractivity contribution in [2.45, 2.75) is 25.4 Å². The molecule has 1 aliphatic rings. The normalized spacial score (nSPS) is 28.2. The van der Waals surface area contributed by atoms with Gasteiger partial charge in [-0.2, -0.15) is 5.06 Å². The molecule has 1 aliphatic heterocycles. The number of hydrogen-bond acceptors (Lipinski definition) is 3. The highest BCUT2D eigenvalue weighted by molar-refractivity contribution is 5.16. The highest BCUT2D eigenvalue weighted by Crippen LogP contribution is 2.18. The minimum absolute atomic E-state index is 0.416. The molecular formula is C13H20N2O. The van der Waals surface area contributed by atoms with E-state index < -0.39 is 0 Å². The quantitative estimate of drug-likeness (QED) is 0.755. The second-order valence-electron chi connectivity index (χ2n) is 4.56. The molecule has 0 radical (unpaired) electrons. The number of likely N-dealkylation sites (N-methyl/N-ethyl adjacent to an activating group) is 2. The smallest absolute Gasteiger partial charge is 0.121 e. The Kier molecular flexibility index (Phi) is 3.59. The molecule has 0 aliphatic carbocycles. The van der Waals surface area contributed by atoms with Crippen molar-refractivity contribution in [3.8, 4) is 0 Å². The minimum atomic E-state index is 0.416. The van der Waals surface area contributed by atoms with E-state index in [9.17, 15) is 0 Å². The fraction of sp³-hybridized carbons (Fsp3) is 0.538. The van der Waals surface area contributed by atoms with Gasteiger partial charge in [0.1, 0.15) is 6.73 Å². The summed E-state index contributed by atoms with van der Waals surface area (Å²) in [6, 6.07) is 11.6. The number of nitrogens with zero attached hydrogens (tertiary/aromatic N) is 2. The van der Waals surface area contributed by atoms with E-state index in [0.29, 0.717) is 18.8 Å². The molecular weight excluding hydrogens is 200 g/mol. The Balaban J connectivity index is 2.07. The highest BCUT2D eigenvalue weighted by atomic mass is 16.7. The topological polar surface area (TPSA) is 15.7 Å². The number of hydrogen-bond donors (Lipinski definition) is 0. The van der Waals surface area contributed by atoms with Crippen LogP contribution in [-0.4, -0.2) is 42.9 Å². The standard InChI is InChI=1S/C13H20N2O/c1-11-13(14(2)10-16-15(11)3)9-12-7-5-4-6-8-12/h4-8,11,13H,9-10H2,1-3H3/t11-,13-/m0/s1. The summed E-state index contributed by atoms with van der Waals surface area (Å²) < 4.78 is 0. The van der Waals surface area contributed by atoms with Gasteiger partial charge in [0.15, 0.2) is 0 Å². The van der Waals surface area contributed by atoms with E-state index in [-0.39, 0.29) is 0 Å². The first-order valence-corrected chi connectivity index (χ1v) is 5.78. The zero-order chi connectivity index (χ0) is 11.5. The molecule has 0 bridgehead atoms. The fourth-order valence-electron chi connectivity index (χ4n) is 2.19. The average molecular weight is 220 g/mol. The van der Waals surface area contributed by atoms with Gasteiger partial charge < -0.3 is 0 Å². The number of hydroxylamine groups is 2. The van der Waals surface area contributed by atoms with Crippen molar-refractivity contribution in [2.75, 3.05) is 20.8 Å². The van der Waals surface area contributed by atoms with Crippen LogP contribution in [0.5, 0.6) is 0 Å². The maximum atomic E-state index is 5.53. The van der Waals surface area contributed by atoms with Crippen molar-refractivity contribution >= 4 is 0 Å². The van der Waals surface area contributed by atoms with Gasteiger partial charge in [-0.1, -0.05) is 30.3 Å². The first-order chi connectivity index (χ1) is 7.68. The van der Waals surface area contributed by atoms with Crippen molar-refractivity contribution in [1.29, 1.82) is 0 Å². The Morgan fingerprint density at radius 3 is 2.62 bits per heavy atom. The van der Waals surface area contributed by atoms with E-state index in [1.807, 2.05) is 12.1 Å². The summed E-state index contributed by atoms with van der Waals surface area (Å²) in [5.74, 6) is 0. The van der Waals surface area contributed by atoms with Gasteiger partial charge in [-0.05, 0) is 26.0 Å². The molecule has 2 atom stereocenters. The molecule has 0 N–H and O–H groups in total. The first kappa shape index (κ1) is 11.6. The van der Waals surface area contributed by atoms with E-state index in [2.05, 4.69) is 49.2 Å². The summed E-state index contributed by atoms with van der Waals surface area (Å²) in [6.45, 7) is 2.89. The van der Waals surface area contributed by atoms with Gasteiger partial charge in [0, 0.05) is 19.1 Å². The van der Waals surface area contributed by atoms with Crippen LogP contribution in [0.1, 0.15) is 12.5 Å². The van der Waals surface area contributed by atoms with Crippen molar-refractivity contribution in [3.63, 3.8) is 0 Å². The van der Waals surface area contributed by atoms with Crippen LogP contribution in [0.2, 0.25) is 0 Å². The molecule has 88 valence electrons. The zero-order valence-corrected chi connectivity index (χ0v) is 10.3. The molecule has 1 aromatic carbocycles. The Morgan fingerprint density at radius 1 is 1.25 bits per heavy atom. The van der Waals surface area contributed by atoms with Gasteiger partial charge in [-0.3, -0.25) is 9.74 Å². The Hall–Kier alpha value is -0.900. The van der Waals surface area contributed by atoms with Crippen LogP contribution < -0.4 is 0 Å². The van der Waals surface area contributed by atoms with Crippen LogP contribution in [0.3, 0.4) is 0 Å². The second-order valence-corrected chi connectivity index (χ2v) is 4.56. The summed E-state index contributed by atoms with van der Waals surface area (Å²) in [6.07, 6.45) is 1.08. The van der Waals surface area contributed by atoms with E-state index >= 15 is 0 Å². The van der Waals surface area contributed by atoms with Crippen LogP contribution in [0.15, 0.2) is 30.3 Å². The molecule has 0 aromatic heterocycles. The van der Waals surface area contributed by atoms with E-state index in [1.54, 1.807) is 0 Å². The Morgan fingerprint density at radius 2 is 1.94 bits per heavy atom. The molecule has 1 heterocycles. The van der Waals surface area contributed by atoms with E-state index in [4.69, 9.17) is 4.84 Å². The molecule has 3 nitrogen and oxygen atoms in total. The van der Waals surface area contributed by atoms with Gasteiger partial charge in [0.2, 0.25) is 0 Å². The van der Waals surface area contributed by atoms with Crippen LogP contribution in [0.25, 0.3) is 0 Å². The lowest BCUT2D eigenvalue weighted by Crippen LogP contribution is -2.55. The van der Waals surface area contributed by atoms with Crippen LogP contribution in [0, 0.1) is 0 Å². The molecule has 2 rings (SSSR count). The maximum Gasteiger partial charge on any atom is 0.121 e. The maximum absolute atomic E-state index is 5.53. The van der Waals surface area contributed by atoms with E-state index in [1.165, 1.54) is 5.56 Å². The number of benzene rings is 1. The fourth-order valence-corrected chi connectivity index (χ4v) is 2.19. The lowest BCUT2D eigenvalue weighted by Gasteiger charge is -2.42. The zero-order valence-electron chi connectivity index (χ0n) is 10.3. The van der Waals surface area contributed by atoms with Gasteiger partial charge in [-0.15, -0.1) is 0 Å². The van der Waals surface area contributed by atoms with Crippen LogP contribution in [0.4, 0.5) is 0 Å². The largest absolute Gasteiger partial charge is 0.283 e. The predicted octanol–water partition coefficient (Wildman–Crippen LogP) is 1.75. The van der Waals surface area contributed by atoms with E-state index in [0.717, 1.165) is 6.42 Å². The van der Waals surface area contributed by atoms with Crippen molar-refractivity contribution < 1.29 is 4.84 Å². The summed E-state index contributed by atoms with van der Waals surface area (Å²) >= 11 is 0. The minimum Gasteiger partial charge on any atom is -0.283 e. The summed E-state index contributed by atoms with van der Waals surface area (Å²) in [5.41, 5.74) is 1.39. The highest BCUT2D eigenvalue weighted by Gasteiger charge is 2.30. The molecule has 1 saturated heterocycles. The van der Waals surface area contributed by atoms with Crippen molar-refractivity contribution in [1.82, 2.24) is 9.96 Å². The Labute approximate surface area is 97.6 Å². The molecule has 0 saturated carbocycles. The molecule has 1 fully saturated rings. The van der Waals surface area contributed by atoms with Gasteiger partial charge in [-0.25, -0.2) is 0 Å². The monoisotopic (exact) mass is 220 g/mol. The molecule has 0 spiro atoms. The Bertz CT molecular complexity index is 328. The van der Waals surface area contributed by atoms with Gasteiger partial charge >= 0.3 is 0 Å². The molecule has 3 heteroatoms. The lowest BCUT2D eigenvalue weighted by atomic mass is 9.99. The summed E-state index contributed by atoms with van der Waals surface area (Å²) in [7, 11) is 4.13. The summed E-state index contributed by atoms with van der Waals surface area (Å²) in [5, 5.41) is 1.97. The van der Waals surface area contributed by atoms with Gasteiger partial charge in [0.05, 0.1) is 0 Å². The molecule has 1 aromatic rings. The van der Waals surface area contributed by atoms with Crippen LogP contribution >= 0.6 is 0 Å². The third-order valence-electron chi connectivity index (χ3n) is 3.45. The third-order valence-corrected chi connectivity index (χ3v) is 3.45. The van der Waals surface area contributed by atoms with Gasteiger partial charge in [0.25, 0.3) is 0 Å². The molecule has 0 unspecified atom stereocenters. The lowest BCUT2D eigenvalue weighted by molar-refractivity contribution is -0.247. The SMILES string of the molecule is C[C@H]1[C@H](Cc2ccccc2)N(C)CON1C.